The van der Waals surface area contributed by atoms with Crippen LogP contribution in [0.25, 0.3) is 0 Å². The molecule has 5 nitrogen and oxygen atoms in total. The molecule has 20 heavy (non-hydrogen) atoms. The van der Waals surface area contributed by atoms with Crippen molar-refractivity contribution in [2.45, 2.75) is 19.3 Å². The summed E-state index contributed by atoms with van der Waals surface area (Å²) < 4.78 is 31.3. The molecular formula is C14H22N2O3S. The van der Waals surface area contributed by atoms with E-state index >= 15 is 0 Å². The van der Waals surface area contributed by atoms with Crippen LogP contribution >= 0.6 is 0 Å². The minimum atomic E-state index is -3.15. The van der Waals surface area contributed by atoms with Crippen LogP contribution in [0.3, 0.4) is 0 Å². The molecule has 2 rings (SSSR count). The lowest BCUT2D eigenvalue weighted by Crippen LogP contribution is -2.31. The first kappa shape index (κ1) is 15.4. The largest absolute Gasteiger partial charge is 0.384 e. The lowest BCUT2D eigenvalue weighted by Gasteiger charge is -2.16. The van der Waals surface area contributed by atoms with Crippen LogP contribution in [0.5, 0.6) is 0 Å². The van der Waals surface area contributed by atoms with Gasteiger partial charge in [0.2, 0.25) is 10.0 Å². The molecule has 1 aliphatic heterocycles. The van der Waals surface area contributed by atoms with Gasteiger partial charge in [-0.05, 0) is 18.6 Å². The number of ether oxygens (including phenoxy) is 1. The zero-order chi connectivity index (χ0) is 14.6. The predicted molar refractivity (Wildman–Crippen MR) is 78.0 cm³/mol. The SMILES string of the molecule is CCCS(=O)(=O)N1C[C@@H](COC)[C@H](c2ccccn2)C1. The number of sulfonamides is 1. The predicted octanol–water partition coefficient (Wildman–Crippen LogP) is 1.48. The molecule has 1 aromatic rings. The molecule has 1 saturated heterocycles. The smallest absolute Gasteiger partial charge is 0.214 e. The third kappa shape index (κ3) is 3.37. The van der Waals surface area contributed by atoms with Gasteiger partial charge in [0.1, 0.15) is 0 Å². The summed E-state index contributed by atoms with van der Waals surface area (Å²) in [5.74, 6) is 0.492. The first-order valence-electron chi connectivity index (χ1n) is 6.96. The summed E-state index contributed by atoms with van der Waals surface area (Å²) in [6.07, 6.45) is 2.39. The van der Waals surface area contributed by atoms with Crippen molar-refractivity contribution in [1.82, 2.24) is 9.29 Å². The fourth-order valence-corrected chi connectivity index (χ4v) is 4.34. The number of hydrogen-bond donors (Lipinski definition) is 0. The van der Waals surface area contributed by atoms with Crippen LogP contribution in [0, 0.1) is 5.92 Å². The Morgan fingerprint density at radius 1 is 1.40 bits per heavy atom. The molecule has 2 atom stereocenters. The van der Waals surface area contributed by atoms with Crippen LogP contribution in [0.1, 0.15) is 25.0 Å². The van der Waals surface area contributed by atoms with Crippen molar-refractivity contribution in [3.63, 3.8) is 0 Å². The molecule has 0 aliphatic carbocycles. The number of hydrogen-bond acceptors (Lipinski definition) is 4. The van der Waals surface area contributed by atoms with Crippen molar-refractivity contribution in [2.75, 3.05) is 32.6 Å². The minimum absolute atomic E-state index is 0.114. The summed E-state index contributed by atoms with van der Waals surface area (Å²) in [4.78, 5) is 4.38. The summed E-state index contributed by atoms with van der Waals surface area (Å²) in [5, 5.41) is 0. The summed E-state index contributed by atoms with van der Waals surface area (Å²) in [6, 6.07) is 5.77. The van der Waals surface area contributed by atoms with E-state index in [0.29, 0.717) is 26.1 Å². The summed E-state index contributed by atoms with van der Waals surface area (Å²) in [5.41, 5.74) is 0.948. The Morgan fingerprint density at radius 2 is 2.20 bits per heavy atom. The van der Waals surface area contributed by atoms with Crippen LogP contribution in [0.15, 0.2) is 24.4 Å². The van der Waals surface area contributed by atoms with Gasteiger partial charge in [-0.3, -0.25) is 4.98 Å². The van der Waals surface area contributed by atoms with Gasteiger partial charge in [-0.2, -0.15) is 0 Å². The fourth-order valence-electron chi connectivity index (χ4n) is 2.76. The Balaban J connectivity index is 2.20. The van der Waals surface area contributed by atoms with Gasteiger partial charge >= 0.3 is 0 Å². The van der Waals surface area contributed by atoms with Gasteiger partial charge in [-0.1, -0.05) is 13.0 Å². The quantitative estimate of drug-likeness (QED) is 0.798. The highest BCUT2D eigenvalue weighted by atomic mass is 32.2. The third-order valence-electron chi connectivity index (χ3n) is 3.71. The summed E-state index contributed by atoms with van der Waals surface area (Å²) >= 11 is 0. The molecule has 112 valence electrons. The van der Waals surface area contributed by atoms with E-state index in [1.54, 1.807) is 17.6 Å². The van der Waals surface area contributed by atoms with Crippen molar-refractivity contribution in [1.29, 1.82) is 0 Å². The molecule has 0 unspecified atom stereocenters. The van der Waals surface area contributed by atoms with E-state index in [9.17, 15) is 8.42 Å². The molecule has 6 heteroatoms. The lowest BCUT2D eigenvalue weighted by atomic mass is 9.93. The molecule has 0 N–H and O–H groups in total. The summed E-state index contributed by atoms with van der Waals surface area (Å²) in [7, 11) is -1.50. The zero-order valence-electron chi connectivity index (χ0n) is 12.0. The zero-order valence-corrected chi connectivity index (χ0v) is 12.8. The normalized spacial score (nSPS) is 24.1. The van der Waals surface area contributed by atoms with Crippen molar-refractivity contribution in [3.8, 4) is 0 Å². The Bertz CT molecular complexity index is 518. The Morgan fingerprint density at radius 3 is 2.80 bits per heavy atom. The Hall–Kier alpha value is -0.980. The van der Waals surface area contributed by atoms with Gasteiger partial charge in [0.25, 0.3) is 0 Å². The second-order valence-corrected chi connectivity index (χ2v) is 7.30. The second-order valence-electron chi connectivity index (χ2n) is 5.21. The number of rotatable bonds is 6. The Labute approximate surface area is 121 Å². The highest BCUT2D eigenvalue weighted by Gasteiger charge is 2.39. The van der Waals surface area contributed by atoms with E-state index in [1.807, 2.05) is 25.1 Å². The summed E-state index contributed by atoms with van der Waals surface area (Å²) in [6.45, 7) is 3.47. The van der Waals surface area contributed by atoms with Crippen molar-refractivity contribution in [3.05, 3.63) is 30.1 Å². The highest BCUT2D eigenvalue weighted by Crippen LogP contribution is 2.33. The molecule has 0 amide bonds. The first-order chi connectivity index (χ1) is 9.58. The molecule has 1 fully saturated rings. The van der Waals surface area contributed by atoms with E-state index in [1.165, 1.54) is 0 Å². The molecule has 0 aromatic carbocycles. The highest BCUT2D eigenvalue weighted by molar-refractivity contribution is 7.89. The van der Waals surface area contributed by atoms with Crippen LogP contribution < -0.4 is 0 Å². The van der Waals surface area contributed by atoms with Gasteiger partial charge in [0.15, 0.2) is 0 Å². The molecule has 2 heterocycles. The number of aromatic nitrogens is 1. The number of pyridine rings is 1. The maximum Gasteiger partial charge on any atom is 0.214 e. The monoisotopic (exact) mass is 298 g/mol. The van der Waals surface area contributed by atoms with Crippen LogP contribution in [0.4, 0.5) is 0 Å². The second kappa shape index (κ2) is 6.65. The molecule has 0 radical (unpaired) electrons. The van der Waals surface area contributed by atoms with Crippen molar-refractivity contribution >= 4 is 10.0 Å². The number of nitrogens with zero attached hydrogens (tertiary/aromatic N) is 2. The Kier molecular flexibility index (Phi) is 5.12. The van der Waals surface area contributed by atoms with E-state index in [-0.39, 0.29) is 17.6 Å². The van der Waals surface area contributed by atoms with Gasteiger partial charge in [0.05, 0.1) is 12.4 Å². The number of methoxy groups -OCH3 is 1. The maximum atomic E-state index is 12.2. The molecule has 0 bridgehead atoms. The third-order valence-corrected chi connectivity index (χ3v) is 5.72. The minimum Gasteiger partial charge on any atom is -0.384 e. The topological polar surface area (TPSA) is 59.5 Å². The molecular weight excluding hydrogens is 276 g/mol. The molecule has 1 aliphatic rings. The van der Waals surface area contributed by atoms with Gasteiger partial charge < -0.3 is 4.74 Å². The van der Waals surface area contributed by atoms with Crippen LogP contribution in [0.2, 0.25) is 0 Å². The standard InChI is InChI=1S/C14H22N2O3S/c1-3-8-20(17,18)16-9-12(11-19-2)13(10-16)14-6-4-5-7-15-14/h4-7,12-13H,3,8-11H2,1-2H3/t12-,13+/m0/s1. The van der Waals surface area contributed by atoms with Crippen molar-refractivity contribution < 1.29 is 13.2 Å². The van der Waals surface area contributed by atoms with Crippen LogP contribution in [-0.4, -0.2) is 50.3 Å². The van der Waals surface area contributed by atoms with E-state index in [2.05, 4.69) is 4.98 Å². The lowest BCUT2D eigenvalue weighted by molar-refractivity contribution is 0.150. The van der Waals surface area contributed by atoms with Gasteiger partial charge in [-0.15, -0.1) is 0 Å². The van der Waals surface area contributed by atoms with E-state index < -0.39 is 10.0 Å². The van der Waals surface area contributed by atoms with Crippen molar-refractivity contribution in [2.24, 2.45) is 5.92 Å². The fraction of sp³-hybridized carbons (Fsp3) is 0.643. The van der Waals surface area contributed by atoms with Gasteiger partial charge in [0, 0.05) is 43.9 Å². The molecule has 0 saturated carbocycles. The average molecular weight is 298 g/mol. The molecule has 0 spiro atoms. The average Bonchev–Trinajstić information content (AvgIpc) is 2.85. The first-order valence-corrected chi connectivity index (χ1v) is 8.57. The van der Waals surface area contributed by atoms with Crippen LogP contribution in [-0.2, 0) is 14.8 Å². The van der Waals surface area contributed by atoms with E-state index in [0.717, 1.165) is 5.69 Å². The molecule has 1 aromatic heterocycles. The maximum absolute atomic E-state index is 12.2. The van der Waals surface area contributed by atoms with E-state index in [4.69, 9.17) is 4.74 Å². The van der Waals surface area contributed by atoms with Gasteiger partial charge in [-0.25, -0.2) is 12.7 Å².